The number of nitrogens with zero attached hydrogens (tertiary/aromatic N) is 4. The van der Waals surface area contributed by atoms with Crippen LogP contribution in [0.5, 0.6) is 0 Å². The van der Waals surface area contributed by atoms with E-state index in [0.29, 0.717) is 12.2 Å². The standard InChI is InChI=1S/C16H13N5/c1-11-4-5-14-13(7-11)16(15(8-17)21-20-14)19-10-12-3-2-6-18-9-12/h2-7,9H,10H2,1H3,(H,19,20). The number of nitriles is 1. The Balaban J connectivity index is 2.03. The molecule has 2 aromatic heterocycles. The van der Waals surface area contributed by atoms with Gasteiger partial charge in [0.1, 0.15) is 6.07 Å². The maximum Gasteiger partial charge on any atom is 0.186 e. The third kappa shape index (κ3) is 2.65. The molecule has 0 spiro atoms. The van der Waals surface area contributed by atoms with Crippen LogP contribution in [0.1, 0.15) is 16.8 Å². The summed E-state index contributed by atoms with van der Waals surface area (Å²) in [5, 5.41) is 21.5. The van der Waals surface area contributed by atoms with Gasteiger partial charge in [0.25, 0.3) is 0 Å². The molecule has 102 valence electrons. The van der Waals surface area contributed by atoms with Crippen LogP contribution in [0.3, 0.4) is 0 Å². The second-order valence-electron chi connectivity index (χ2n) is 4.77. The Morgan fingerprint density at radius 2 is 2.14 bits per heavy atom. The highest BCUT2D eigenvalue weighted by molar-refractivity contribution is 5.93. The Hall–Kier alpha value is -3.00. The molecule has 0 aliphatic rings. The fourth-order valence-corrected chi connectivity index (χ4v) is 2.17. The first-order chi connectivity index (χ1) is 10.3. The van der Waals surface area contributed by atoms with Gasteiger partial charge in [-0.1, -0.05) is 17.7 Å². The maximum absolute atomic E-state index is 9.24. The molecule has 1 N–H and O–H groups in total. The van der Waals surface area contributed by atoms with Crippen LogP contribution in [0, 0.1) is 18.3 Å². The number of anilines is 1. The molecule has 0 radical (unpaired) electrons. The van der Waals surface area contributed by atoms with Gasteiger partial charge in [-0.3, -0.25) is 4.98 Å². The Bertz CT molecular complexity index is 821. The van der Waals surface area contributed by atoms with E-state index < -0.39 is 0 Å². The Morgan fingerprint density at radius 1 is 1.24 bits per heavy atom. The number of hydrogen-bond acceptors (Lipinski definition) is 5. The molecule has 21 heavy (non-hydrogen) atoms. The molecule has 1 aromatic carbocycles. The van der Waals surface area contributed by atoms with E-state index in [0.717, 1.165) is 27.7 Å². The van der Waals surface area contributed by atoms with Crippen molar-refractivity contribution in [1.29, 1.82) is 5.26 Å². The number of nitrogens with one attached hydrogen (secondary N) is 1. The van der Waals surface area contributed by atoms with Gasteiger partial charge in [0.05, 0.1) is 11.2 Å². The van der Waals surface area contributed by atoms with Crippen molar-refractivity contribution in [3.05, 3.63) is 59.5 Å². The molecule has 0 saturated heterocycles. The van der Waals surface area contributed by atoms with Crippen molar-refractivity contribution in [2.45, 2.75) is 13.5 Å². The zero-order chi connectivity index (χ0) is 14.7. The molecule has 0 bridgehead atoms. The summed E-state index contributed by atoms with van der Waals surface area (Å²) in [5.41, 5.74) is 3.95. The third-order valence-corrected chi connectivity index (χ3v) is 3.21. The highest BCUT2D eigenvalue weighted by Gasteiger charge is 2.10. The summed E-state index contributed by atoms with van der Waals surface area (Å²) in [7, 11) is 0. The van der Waals surface area contributed by atoms with Crippen molar-refractivity contribution in [3.63, 3.8) is 0 Å². The third-order valence-electron chi connectivity index (χ3n) is 3.21. The van der Waals surface area contributed by atoms with E-state index in [-0.39, 0.29) is 0 Å². The summed E-state index contributed by atoms with van der Waals surface area (Å²) in [6.07, 6.45) is 3.53. The lowest BCUT2D eigenvalue weighted by atomic mass is 10.1. The summed E-state index contributed by atoms with van der Waals surface area (Å²) in [6, 6.07) is 11.9. The second-order valence-corrected chi connectivity index (χ2v) is 4.77. The highest BCUT2D eigenvalue weighted by Crippen LogP contribution is 2.25. The van der Waals surface area contributed by atoms with Crippen LogP contribution in [-0.2, 0) is 6.54 Å². The topological polar surface area (TPSA) is 74.5 Å². The fourth-order valence-electron chi connectivity index (χ4n) is 2.17. The van der Waals surface area contributed by atoms with Gasteiger partial charge in [-0.25, -0.2) is 0 Å². The average molecular weight is 275 g/mol. The van der Waals surface area contributed by atoms with Gasteiger partial charge in [-0.15, -0.1) is 10.2 Å². The molecule has 0 saturated carbocycles. The second kappa shape index (κ2) is 5.55. The molecule has 0 aliphatic heterocycles. The minimum absolute atomic E-state index is 0.303. The monoisotopic (exact) mass is 275 g/mol. The molecule has 0 unspecified atom stereocenters. The van der Waals surface area contributed by atoms with Gasteiger partial charge in [0.2, 0.25) is 0 Å². The van der Waals surface area contributed by atoms with E-state index >= 15 is 0 Å². The zero-order valence-electron chi connectivity index (χ0n) is 11.5. The normalized spacial score (nSPS) is 10.3. The van der Waals surface area contributed by atoms with Crippen LogP contribution in [0.4, 0.5) is 5.69 Å². The molecule has 0 atom stereocenters. The summed E-state index contributed by atoms with van der Waals surface area (Å²) >= 11 is 0. The highest BCUT2D eigenvalue weighted by atomic mass is 15.1. The Kier molecular flexibility index (Phi) is 3.44. The number of rotatable bonds is 3. The van der Waals surface area contributed by atoms with Crippen molar-refractivity contribution in [3.8, 4) is 6.07 Å². The largest absolute Gasteiger partial charge is 0.378 e. The molecular weight excluding hydrogens is 262 g/mol. The van der Waals surface area contributed by atoms with Crippen molar-refractivity contribution in [2.75, 3.05) is 5.32 Å². The fraction of sp³-hybridized carbons (Fsp3) is 0.125. The van der Waals surface area contributed by atoms with E-state index in [1.54, 1.807) is 12.4 Å². The lowest BCUT2D eigenvalue weighted by molar-refractivity contribution is 1.03. The van der Waals surface area contributed by atoms with Crippen LogP contribution in [0.15, 0.2) is 42.7 Å². The molecule has 3 rings (SSSR count). The zero-order valence-corrected chi connectivity index (χ0v) is 11.5. The van der Waals surface area contributed by atoms with Gasteiger partial charge in [-0.05, 0) is 30.7 Å². The van der Waals surface area contributed by atoms with Crippen molar-refractivity contribution < 1.29 is 0 Å². The SMILES string of the molecule is Cc1ccc2nnc(C#N)c(NCc3cccnc3)c2c1. The summed E-state index contributed by atoms with van der Waals surface area (Å²) in [6.45, 7) is 2.59. The number of fused-ring (bicyclic) bond motifs is 1. The quantitative estimate of drug-likeness (QED) is 0.795. The van der Waals surface area contributed by atoms with Gasteiger partial charge in [0, 0.05) is 24.3 Å². The summed E-state index contributed by atoms with van der Waals surface area (Å²) < 4.78 is 0. The first kappa shape index (κ1) is 13.0. The van der Waals surface area contributed by atoms with Crippen LogP contribution in [0.2, 0.25) is 0 Å². The van der Waals surface area contributed by atoms with Gasteiger partial charge >= 0.3 is 0 Å². The summed E-state index contributed by atoms with van der Waals surface area (Å²) in [4.78, 5) is 4.08. The van der Waals surface area contributed by atoms with E-state index in [9.17, 15) is 5.26 Å². The van der Waals surface area contributed by atoms with Gasteiger partial charge in [-0.2, -0.15) is 5.26 Å². The first-order valence-corrected chi connectivity index (χ1v) is 6.58. The molecule has 0 aliphatic carbocycles. The van der Waals surface area contributed by atoms with Crippen molar-refractivity contribution in [1.82, 2.24) is 15.2 Å². The van der Waals surface area contributed by atoms with E-state index in [1.165, 1.54) is 0 Å². The van der Waals surface area contributed by atoms with Crippen LogP contribution >= 0.6 is 0 Å². The smallest absolute Gasteiger partial charge is 0.186 e. The van der Waals surface area contributed by atoms with Crippen LogP contribution < -0.4 is 5.32 Å². The predicted molar refractivity (Wildman–Crippen MR) is 80.6 cm³/mol. The number of aromatic nitrogens is 3. The number of pyridine rings is 1. The first-order valence-electron chi connectivity index (χ1n) is 6.58. The molecule has 2 heterocycles. The molecule has 0 fully saturated rings. The van der Waals surface area contributed by atoms with E-state index in [1.807, 2.05) is 37.3 Å². The lowest BCUT2D eigenvalue weighted by Gasteiger charge is -2.10. The minimum Gasteiger partial charge on any atom is -0.378 e. The molecule has 3 aromatic rings. The Morgan fingerprint density at radius 3 is 2.90 bits per heavy atom. The minimum atomic E-state index is 0.303. The van der Waals surface area contributed by atoms with E-state index in [2.05, 4.69) is 26.6 Å². The van der Waals surface area contributed by atoms with E-state index in [4.69, 9.17) is 0 Å². The maximum atomic E-state index is 9.24. The van der Waals surface area contributed by atoms with Crippen molar-refractivity contribution >= 4 is 16.6 Å². The van der Waals surface area contributed by atoms with Gasteiger partial charge in [0.15, 0.2) is 5.69 Å². The lowest BCUT2D eigenvalue weighted by Crippen LogP contribution is -2.05. The summed E-state index contributed by atoms with van der Waals surface area (Å²) in [5.74, 6) is 0. The molecule has 5 heteroatoms. The molecular formula is C16H13N5. The number of aryl methyl sites for hydroxylation is 1. The molecule has 5 nitrogen and oxygen atoms in total. The average Bonchev–Trinajstić information content (AvgIpc) is 2.53. The Labute approximate surface area is 122 Å². The number of hydrogen-bond donors (Lipinski definition) is 1. The van der Waals surface area contributed by atoms with Crippen LogP contribution in [-0.4, -0.2) is 15.2 Å². The van der Waals surface area contributed by atoms with Gasteiger partial charge < -0.3 is 5.32 Å². The van der Waals surface area contributed by atoms with Crippen LogP contribution in [0.25, 0.3) is 10.9 Å². The predicted octanol–water partition coefficient (Wildman–Crippen LogP) is 2.82. The van der Waals surface area contributed by atoms with Crippen molar-refractivity contribution in [2.24, 2.45) is 0 Å². The number of benzene rings is 1. The molecule has 0 amide bonds.